The zero-order chi connectivity index (χ0) is 14.1. The highest BCUT2D eigenvalue weighted by Gasteiger charge is 2.01. The monoisotopic (exact) mass is 305 g/mol. The predicted molar refractivity (Wildman–Crippen MR) is 78.1 cm³/mol. The molecular weight excluding hydrogens is 285 g/mol. The first-order chi connectivity index (χ1) is 9.08. The maximum Gasteiger partial charge on any atom is 0.303 e. The van der Waals surface area contributed by atoms with Crippen molar-refractivity contribution in [1.82, 2.24) is 4.90 Å². The van der Waals surface area contributed by atoms with E-state index in [2.05, 4.69) is 4.90 Å². The fraction of sp³-hybridized carbons (Fsp3) is 0.500. The molecule has 0 aliphatic carbocycles. The molecule has 0 spiro atoms. The maximum absolute atomic E-state index is 12.7. The zero-order valence-corrected chi connectivity index (χ0v) is 12.4. The van der Waals surface area contributed by atoms with Gasteiger partial charge >= 0.3 is 5.97 Å². The first kappa shape index (κ1) is 18.7. The van der Waals surface area contributed by atoms with Crippen molar-refractivity contribution < 1.29 is 19.0 Å². The van der Waals surface area contributed by atoms with Gasteiger partial charge in [0, 0.05) is 13.0 Å². The van der Waals surface area contributed by atoms with Gasteiger partial charge in [0.05, 0.1) is 0 Å². The molecule has 0 saturated carbocycles. The Balaban J connectivity index is 0.00000361. The molecule has 0 amide bonds. The molecule has 1 rings (SSSR count). The number of likely N-dealkylation sites (N-methyl/N-ethyl adjacent to an activating group) is 1. The van der Waals surface area contributed by atoms with E-state index in [1.54, 1.807) is 12.1 Å². The molecule has 1 aromatic rings. The molecule has 0 unspecified atom stereocenters. The van der Waals surface area contributed by atoms with E-state index in [4.69, 9.17) is 9.84 Å². The largest absolute Gasteiger partial charge is 0.492 e. The van der Waals surface area contributed by atoms with E-state index in [1.165, 1.54) is 12.1 Å². The average molecular weight is 306 g/mol. The number of hydrogen-bond acceptors (Lipinski definition) is 3. The highest BCUT2D eigenvalue weighted by molar-refractivity contribution is 5.85. The normalized spacial score (nSPS) is 10.2. The highest BCUT2D eigenvalue weighted by Crippen LogP contribution is 2.10. The Hall–Kier alpha value is -1.33. The minimum absolute atomic E-state index is 0. The van der Waals surface area contributed by atoms with Crippen LogP contribution in [-0.4, -0.2) is 42.7 Å². The van der Waals surface area contributed by atoms with Gasteiger partial charge in [0.1, 0.15) is 18.2 Å². The Morgan fingerprint density at radius 3 is 2.50 bits per heavy atom. The maximum atomic E-state index is 12.7. The fourth-order valence-electron chi connectivity index (χ4n) is 1.62. The Morgan fingerprint density at radius 1 is 1.25 bits per heavy atom. The van der Waals surface area contributed by atoms with Crippen molar-refractivity contribution in [2.45, 2.75) is 19.3 Å². The van der Waals surface area contributed by atoms with Gasteiger partial charge in [-0.15, -0.1) is 12.4 Å². The molecule has 0 aromatic heterocycles. The van der Waals surface area contributed by atoms with Gasteiger partial charge in [-0.05, 0) is 50.7 Å². The topological polar surface area (TPSA) is 49.8 Å². The second-order valence-corrected chi connectivity index (χ2v) is 4.46. The summed E-state index contributed by atoms with van der Waals surface area (Å²) in [6.45, 7) is 2.13. The minimum Gasteiger partial charge on any atom is -0.492 e. The molecule has 4 nitrogen and oxygen atoms in total. The molecule has 0 aliphatic rings. The standard InChI is InChI=1S/C14H20FNO3.ClH/c1-16(9-3-2-4-14(17)18)10-11-19-13-7-5-12(15)6-8-13;/h5-8H,2-4,9-11H2,1H3,(H,17,18);1H. The van der Waals surface area contributed by atoms with Crippen LogP contribution >= 0.6 is 12.4 Å². The first-order valence-electron chi connectivity index (χ1n) is 6.36. The molecular formula is C14H21ClFNO3. The molecule has 0 aliphatic heterocycles. The molecule has 0 fully saturated rings. The summed E-state index contributed by atoms with van der Waals surface area (Å²) in [6, 6.07) is 5.93. The van der Waals surface area contributed by atoms with Crippen LogP contribution in [0.25, 0.3) is 0 Å². The quantitative estimate of drug-likeness (QED) is 0.713. The van der Waals surface area contributed by atoms with Gasteiger partial charge in [-0.1, -0.05) is 0 Å². The third-order valence-electron chi connectivity index (χ3n) is 2.74. The van der Waals surface area contributed by atoms with Crippen molar-refractivity contribution in [2.24, 2.45) is 0 Å². The Kier molecular flexibility index (Phi) is 9.76. The van der Waals surface area contributed by atoms with Crippen LogP contribution in [0.4, 0.5) is 4.39 Å². The number of aliphatic carboxylic acids is 1. The van der Waals surface area contributed by atoms with Crippen molar-refractivity contribution in [3.63, 3.8) is 0 Å². The molecule has 114 valence electrons. The first-order valence-corrected chi connectivity index (χ1v) is 6.36. The second-order valence-electron chi connectivity index (χ2n) is 4.46. The van der Waals surface area contributed by atoms with Crippen LogP contribution in [0.15, 0.2) is 24.3 Å². The van der Waals surface area contributed by atoms with Gasteiger partial charge in [0.25, 0.3) is 0 Å². The van der Waals surface area contributed by atoms with E-state index in [-0.39, 0.29) is 24.6 Å². The van der Waals surface area contributed by atoms with Crippen LogP contribution in [0.2, 0.25) is 0 Å². The van der Waals surface area contributed by atoms with Crippen LogP contribution in [0.1, 0.15) is 19.3 Å². The number of benzene rings is 1. The molecule has 20 heavy (non-hydrogen) atoms. The molecule has 1 N–H and O–H groups in total. The number of carboxylic acids is 1. The number of carboxylic acid groups (broad SMARTS) is 1. The lowest BCUT2D eigenvalue weighted by molar-refractivity contribution is -0.137. The van der Waals surface area contributed by atoms with Crippen LogP contribution in [-0.2, 0) is 4.79 Å². The van der Waals surface area contributed by atoms with Crippen LogP contribution < -0.4 is 4.74 Å². The molecule has 1 aromatic carbocycles. The van der Waals surface area contributed by atoms with Gasteiger partial charge in [0.2, 0.25) is 0 Å². The number of carbonyl (C=O) groups is 1. The van der Waals surface area contributed by atoms with Crippen LogP contribution in [0.3, 0.4) is 0 Å². The molecule has 0 radical (unpaired) electrons. The van der Waals surface area contributed by atoms with E-state index in [9.17, 15) is 9.18 Å². The van der Waals surface area contributed by atoms with E-state index in [0.717, 1.165) is 19.5 Å². The van der Waals surface area contributed by atoms with E-state index < -0.39 is 5.97 Å². The lowest BCUT2D eigenvalue weighted by Crippen LogP contribution is -2.25. The summed E-state index contributed by atoms with van der Waals surface area (Å²) in [6.07, 6.45) is 1.78. The number of nitrogens with zero attached hydrogens (tertiary/aromatic N) is 1. The summed E-state index contributed by atoms with van der Waals surface area (Å²) >= 11 is 0. The number of halogens is 2. The summed E-state index contributed by atoms with van der Waals surface area (Å²) in [5.41, 5.74) is 0. The smallest absolute Gasteiger partial charge is 0.303 e. The minimum atomic E-state index is -0.748. The third kappa shape index (κ3) is 8.72. The molecule has 0 heterocycles. The van der Waals surface area contributed by atoms with Crippen molar-refractivity contribution in [1.29, 1.82) is 0 Å². The van der Waals surface area contributed by atoms with Gasteiger partial charge in [-0.3, -0.25) is 4.79 Å². The van der Waals surface area contributed by atoms with Crippen LogP contribution in [0.5, 0.6) is 5.75 Å². The van der Waals surface area contributed by atoms with E-state index >= 15 is 0 Å². The van der Waals surface area contributed by atoms with Crippen molar-refractivity contribution >= 4 is 18.4 Å². The molecule has 0 atom stereocenters. The third-order valence-corrected chi connectivity index (χ3v) is 2.74. The molecule has 6 heteroatoms. The average Bonchev–Trinajstić information content (AvgIpc) is 2.37. The number of unbranched alkanes of at least 4 members (excludes halogenated alkanes) is 1. The van der Waals surface area contributed by atoms with Crippen molar-refractivity contribution in [3.8, 4) is 5.75 Å². The van der Waals surface area contributed by atoms with Crippen LogP contribution in [0, 0.1) is 5.82 Å². The summed E-state index contributed by atoms with van der Waals surface area (Å²) in [5, 5.41) is 8.51. The molecule has 0 saturated heterocycles. The summed E-state index contributed by atoms with van der Waals surface area (Å²) in [5.74, 6) is -0.370. The van der Waals surface area contributed by atoms with Crippen molar-refractivity contribution in [3.05, 3.63) is 30.1 Å². The number of ether oxygens (including phenoxy) is 1. The SMILES string of the molecule is CN(CCCCC(=O)O)CCOc1ccc(F)cc1.Cl. The predicted octanol–water partition coefficient (Wildman–Crippen LogP) is 2.81. The highest BCUT2D eigenvalue weighted by atomic mass is 35.5. The van der Waals surface area contributed by atoms with Gasteiger partial charge in [0.15, 0.2) is 0 Å². The number of hydrogen-bond donors (Lipinski definition) is 1. The summed E-state index contributed by atoms with van der Waals surface area (Å²) < 4.78 is 18.1. The molecule has 0 bridgehead atoms. The Bertz CT molecular complexity index is 387. The summed E-state index contributed by atoms with van der Waals surface area (Å²) in [7, 11) is 1.97. The zero-order valence-electron chi connectivity index (χ0n) is 11.5. The fourth-order valence-corrected chi connectivity index (χ4v) is 1.62. The second kappa shape index (κ2) is 10.5. The Morgan fingerprint density at radius 2 is 1.90 bits per heavy atom. The lowest BCUT2D eigenvalue weighted by atomic mass is 10.2. The van der Waals surface area contributed by atoms with E-state index in [1.807, 2.05) is 7.05 Å². The van der Waals surface area contributed by atoms with E-state index in [0.29, 0.717) is 18.8 Å². The van der Waals surface area contributed by atoms with Crippen molar-refractivity contribution in [2.75, 3.05) is 26.7 Å². The number of rotatable bonds is 9. The lowest BCUT2D eigenvalue weighted by Gasteiger charge is -2.16. The van der Waals surface area contributed by atoms with Gasteiger partial charge < -0.3 is 14.7 Å². The Labute approximate surface area is 124 Å². The summed E-state index contributed by atoms with van der Waals surface area (Å²) in [4.78, 5) is 12.4. The van der Waals surface area contributed by atoms with Gasteiger partial charge in [-0.25, -0.2) is 4.39 Å². The van der Waals surface area contributed by atoms with Gasteiger partial charge in [-0.2, -0.15) is 0 Å².